The molecule has 0 saturated carbocycles. The summed E-state index contributed by atoms with van der Waals surface area (Å²) in [5, 5.41) is 21.3. The van der Waals surface area contributed by atoms with Crippen molar-refractivity contribution in [2.24, 2.45) is 0 Å². The molecule has 0 heterocycles. The Labute approximate surface area is 186 Å². The molecule has 0 radical (unpaired) electrons. The summed E-state index contributed by atoms with van der Waals surface area (Å²) in [5.74, 6) is -4.52. The van der Waals surface area contributed by atoms with Gasteiger partial charge in [0.2, 0.25) is 0 Å². The Balaban J connectivity index is 1.43. The SMILES string of the molecule is O=C(CC(=O)OC(=O)c1ccc(O)c2ccccc12)OC(=O)c1ccc(O)c2ccccc12. The van der Waals surface area contributed by atoms with Gasteiger partial charge in [-0.2, -0.15) is 0 Å². The highest BCUT2D eigenvalue weighted by Gasteiger charge is 2.23. The maximum absolute atomic E-state index is 12.4. The third kappa shape index (κ3) is 4.35. The zero-order valence-corrected chi connectivity index (χ0v) is 17.0. The monoisotopic (exact) mass is 444 g/mol. The van der Waals surface area contributed by atoms with Crippen LogP contribution < -0.4 is 0 Å². The normalized spacial score (nSPS) is 10.7. The fourth-order valence-corrected chi connectivity index (χ4v) is 3.43. The van der Waals surface area contributed by atoms with Gasteiger partial charge in [-0.1, -0.05) is 48.5 Å². The quantitative estimate of drug-likeness (QED) is 0.359. The number of aromatic hydroxyl groups is 2. The molecule has 0 bridgehead atoms. The van der Waals surface area contributed by atoms with Gasteiger partial charge in [0, 0.05) is 10.8 Å². The molecule has 0 aliphatic heterocycles. The smallest absolute Gasteiger partial charge is 0.346 e. The Bertz CT molecular complexity index is 1330. The summed E-state index contributed by atoms with van der Waals surface area (Å²) in [6.45, 7) is 0. The number of esters is 4. The number of phenolic OH excluding ortho intramolecular Hbond substituents is 2. The van der Waals surface area contributed by atoms with Crippen molar-refractivity contribution in [3.8, 4) is 11.5 Å². The first-order valence-electron chi connectivity index (χ1n) is 9.76. The molecule has 0 aromatic heterocycles. The lowest BCUT2D eigenvalue weighted by Gasteiger charge is -2.08. The van der Waals surface area contributed by atoms with Crippen LogP contribution in [-0.4, -0.2) is 34.1 Å². The van der Waals surface area contributed by atoms with Crippen molar-refractivity contribution in [1.82, 2.24) is 0 Å². The van der Waals surface area contributed by atoms with Crippen molar-refractivity contribution in [3.63, 3.8) is 0 Å². The fourth-order valence-electron chi connectivity index (χ4n) is 3.43. The Morgan fingerprint density at radius 1 is 0.545 bits per heavy atom. The standard InChI is InChI=1S/C25H16O8/c26-20-11-9-18(14-5-1-3-7-16(14)20)24(30)32-22(28)13-23(29)33-25(31)19-10-12-21(27)17-8-4-2-6-15(17)19/h1-12,26-27H,13H2. The van der Waals surface area contributed by atoms with Gasteiger partial charge in [-0.15, -0.1) is 0 Å². The Morgan fingerprint density at radius 2 is 0.909 bits per heavy atom. The molecule has 0 aliphatic rings. The van der Waals surface area contributed by atoms with Gasteiger partial charge >= 0.3 is 23.9 Å². The molecule has 0 unspecified atom stereocenters. The van der Waals surface area contributed by atoms with Crippen LogP contribution >= 0.6 is 0 Å². The highest BCUT2D eigenvalue weighted by Crippen LogP contribution is 2.29. The maximum atomic E-state index is 12.4. The van der Waals surface area contributed by atoms with Crippen LogP contribution in [0.25, 0.3) is 21.5 Å². The maximum Gasteiger partial charge on any atom is 0.346 e. The first-order chi connectivity index (χ1) is 15.8. The number of hydrogen-bond acceptors (Lipinski definition) is 8. The minimum atomic E-state index is -1.20. The molecule has 0 saturated heterocycles. The minimum Gasteiger partial charge on any atom is -0.507 e. The molecule has 4 aromatic carbocycles. The van der Waals surface area contributed by atoms with Crippen molar-refractivity contribution in [2.75, 3.05) is 0 Å². The van der Waals surface area contributed by atoms with Crippen LogP contribution in [0.1, 0.15) is 27.1 Å². The lowest BCUT2D eigenvalue weighted by molar-refractivity contribution is -0.147. The van der Waals surface area contributed by atoms with E-state index in [9.17, 15) is 29.4 Å². The molecular formula is C25H16O8. The van der Waals surface area contributed by atoms with Crippen LogP contribution in [-0.2, 0) is 19.1 Å². The summed E-state index contributed by atoms with van der Waals surface area (Å²) in [7, 11) is 0. The highest BCUT2D eigenvalue weighted by atomic mass is 16.6. The second-order valence-electron chi connectivity index (χ2n) is 7.06. The van der Waals surface area contributed by atoms with E-state index in [0.29, 0.717) is 21.5 Å². The van der Waals surface area contributed by atoms with Crippen LogP contribution in [0.4, 0.5) is 0 Å². The molecule has 0 atom stereocenters. The first kappa shape index (κ1) is 21.5. The summed E-state index contributed by atoms with van der Waals surface area (Å²) in [6.07, 6.45) is -0.969. The number of carbonyl (C=O) groups excluding carboxylic acids is 4. The molecule has 33 heavy (non-hydrogen) atoms. The Kier molecular flexibility index (Phi) is 5.73. The van der Waals surface area contributed by atoms with Crippen molar-refractivity contribution in [2.45, 2.75) is 6.42 Å². The van der Waals surface area contributed by atoms with Gasteiger partial charge in [0.15, 0.2) is 0 Å². The van der Waals surface area contributed by atoms with E-state index in [2.05, 4.69) is 0 Å². The van der Waals surface area contributed by atoms with Gasteiger partial charge in [0.25, 0.3) is 0 Å². The molecule has 2 N–H and O–H groups in total. The lowest BCUT2D eigenvalue weighted by Crippen LogP contribution is -2.20. The van der Waals surface area contributed by atoms with E-state index in [-0.39, 0.29) is 22.6 Å². The van der Waals surface area contributed by atoms with E-state index in [1.807, 2.05) is 0 Å². The molecule has 0 spiro atoms. The lowest BCUT2D eigenvalue weighted by atomic mass is 10.0. The van der Waals surface area contributed by atoms with Crippen LogP contribution in [0.2, 0.25) is 0 Å². The molecule has 0 aliphatic carbocycles. The van der Waals surface area contributed by atoms with Crippen LogP contribution in [0.5, 0.6) is 11.5 Å². The predicted octanol–water partition coefficient (Wildman–Crippen LogP) is 3.86. The van der Waals surface area contributed by atoms with Gasteiger partial charge in [-0.3, -0.25) is 9.59 Å². The average Bonchev–Trinajstić information content (AvgIpc) is 2.79. The summed E-state index contributed by atoms with van der Waals surface area (Å²) >= 11 is 0. The van der Waals surface area contributed by atoms with E-state index in [0.717, 1.165) is 0 Å². The molecule has 4 rings (SSSR count). The number of fused-ring (bicyclic) bond motifs is 2. The number of hydrogen-bond donors (Lipinski definition) is 2. The molecular weight excluding hydrogens is 428 g/mol. The second kappa shape index (κ2) is 8.80. The van der Waals surface area contributed by atoms with Crippen LogP contribution in [0, 0.1) is 0 Å². The van der Waals surface area contributed by atoms with E-state index in [4.69, 9.17) is 9.47 Å². The third-order valence-electron chi connectivity index (χ3n) is 4.94. The van der Waals surface area contributed by atoms with E-state index in [1.54, 1.807) is 48.5 Å². The van der Waals surface area contributed by atoms with Gasteiger partial charge in [-0.05, 0) is 35.0 Å². The number of carbonyl (C=O) groups is 4. The molecule has 164 valence electrons. The molecule has 4 aromatic rings. The molecule has 0 amide bonds. The first-order valence-corrected chi connectivity index (χ1v) is 9.76. The predicted molar refractivity (Wildman–Crippen MR) is 117 cm³/mol. The van der Waals surface area contributed by atoms with Gasteiger partial charge in [0.1, 0.15) is 17.9 Å². The zero-order chi connectivity index (χ0) is 23.5. The Morgan fingerprint density at radius 3 is 1.30 bits per heavy atom. The number of benzene rings is 4. The van der Waals surface area contributed by atoms with Gasteiger partial charge in [0.05, 0.1) is 11.1 Å². The van der Waals surface area contributed by atoms with Gasteiger partial charge in [-0.25, -0.2) is 9.59 Å². The Hall–Kier alpha value is -4.72. The largest absolute Gasteiger partial charge is 0.507 e. The topological polar surface area (TPSA) is 127 Å². The number of rotatable bonds is 4. The van der Waals surface area contributed by atoms with Crippen LogP contribution in [0.3, 0.4) is 0 Å². The molecule has 8 nitrogen and oxygen atoms in total. The molecule has 8 heteroatoms. The van der Waals surface area contributed by atoms with Crippen molar-refractivity contribution >= 4 is 45.4 Å². The molecule has 0 fully saturated rings. The van der Waals surface area contributed by atoms with Crippen molar-refractivity contribution in [1.29, 1.82) is 0 Å². The highest BCUT2D eigenvalue weighted by molar-refractivity contribution is 6.12. The average molecular weight is 444 g/mol. The van der Waals surface area contributed by atoms with Crippen LogP contribution in [0.15, 0.2) is 72.8 Å². The number of phenols is 2. The second-order valence-corrected chi connectivity index (χ2v) is 7.06. The third-order valence-corrected chi connectivity index (χ3v) is 4.94. The number of ether oxygens (including phenoxy) is 2. The summed E-state index contributed by atoms with van der Waals surface area (Å²) in [4.78, 5) is 49.0. The zero-order valence-electron chi connectivity index (χ0n) is 17.0. The van der Waals surface area contributed by atoms with E-state index >= 15 is 0 Å². The summed E-state index contributed by atoms with van der Waals surface area (Å²) in [6, 6.07) is 18.2. The van der Waals surface area contributed by atoms with Crippen molar-refractivity contribution < 1.29 is 38.9 Å². The van der Waals surface area contributed by atoms with Crippen molar-refractivity contribution in [3.05, 3.63) is 83.9 Å². The van der Waals surface area contributed by atoms with E-state index < -0.39 is 30.3 Å². The minimum absolute atomic E-state index is 0.0248. The summed E-state index contributed by atoms with van der Waals surface area (Å²) < 4.78 is 9.45. The van der Waals surface area contributed by atoms with E-state index in [1.165, 1.54) is 24.3 Å². The van der Waals surface area contributed by atoms with Gasteiger partial charge < -0.3 is 19.7 Å². The fraction of sp³-hybridized carbons (Fsp3) is 0.0400. The summed E-state index contributed by atoms with van der Waals surface area (Å²) in [5.41, 5.74) is 0.0495.